The predicted octanol–water partition coefficient (Wildman–Crippen LogP) is 0.931. The third-order valence-corrected chi connectivity index (χ3v) is 2.69. The summed E-state index contributed by atoms with van der Waals surface area (Å²) in [6, 6.07) is 5.21. The van der Waals surface area contributed by atoms with Crippen LogP contribution in [-0.4, -0.2) is 41.3 Å². The van der Waals surface area contributed by atoms with Gasteiger partial charge in [0.1, 0.15) is 11.8 Å². The highest BCUT2D eigenvalue weighted by atomic mass is 16.5. The number of phenols is 1. The van der Waals surface area contributed by atoms with Crippen LogP contribution in [0.4, 0.5) is 0 Å². The number of carbonyl (C=O) groups excluding carboxylic acids is 1. The molecule has 6 heteroatoms. The molecule has 0 aliphatic rings. The van der Waals surface area contributed by atoms with Gasteiger partial charge in [0.05, 0.1) is 6.61 Å². The van der Waals surface area contributed by atoms with Crippen molar-refractivity contribution in [2.75, 3.05) is 13.2 Å². The second-order valence-electron chi connectivity index (χ2n) is 4.28. The van der Waals surface area contributed by atoms with Crippen molar-refractivity contribution in [1.82, 2.24) is 5.32 Å². The number of phenolic OH excluding ortho intramolecular Hbond substituents is 1. The number of carboxylic acid groups (broad SMARTS) is 1. The summed E-state index contributed by atoms with van der Waals surface area (Å²) in [6.07, 6.45) is 0.295. The molecule has 0 saturated heterocycles. The van der Waals surface area contributed by atoms with Crippen LogP contribution in [0.3, 0.4) is 0 Å². The van der Waals surface area contributed by atoms with Crippen molar-refractivity contribution in [3.05, 3.63) is 29.8 Å². The molecule has 0 aromatic heterocycles. The molecule has 3 N–H and O–H groups in total. The van der Waals surface area contributed by atoms with Crippen LogP contribution in [0, 0.1) is 0 Å². The zero-order valence-electron chi connectivity index (χ0n) is 11.3. The maximum absolute atomic E-state index is 11.6. The van der Waals surface area contributed by atoms with Gasteiger partial charge in [0.25, 0.3) is 0 Å². The minimum Gasteiger partial charge on any atom is -0.508 e. The Morgan fingerprint density at radius 1 is 1.30 bits per heavy atom. The molecule has 0 heterocycles. The Balaban J connectivity index is 2.54. The number of carbonyl (C=O) groups is 2. The number of amides is 1. The molecule has 0 aliphatic heterocycles. The van der Waals surface area contributed by atoms with E-state index in [0.29, 0.717) is 6.61 Å². The number of hydrogen-bond acceptors (Lipinski definition) is 4. The molecule has 0 unspecified atom stereocenters. The van der Waals surface area contributed by atoms with Gasteiger partial charge < -0.3 is 20.3 Å². The molecule has 0 bridgehead atoms. The normalized spacial score (nSPS) is 11.8. The van der Waals surface area contributed by atoms with E-state index in [1.807, 2.05) is 6.92 Å². The van der Waals surface area contributed by atoms with Gasteiger partial charge in [-0.15, -0.1) is 0 Å². The number of carboxylic acids is 1. The minimum atomic E-state index is -1.09. The van der Waals surface area contributed by atoms with Gasteiger partial charge in [-0.25, -0.2) is 4.79 Å². The van der Waals surface area contributed by atoms with Gasteiger partial charge in [-0.1, -0.05) is 12.1 Å². The Bertz CT molecular complexity index is 443. The van der Waals surface area contributed by atoms with Crippen LogP contribution in [0.5, 0.6) is 5.75 Å². The predicted molar refractivity (Wildman–Crippen MR) is 72.5 cm³/mol. The van der Waals surface area contributed by atoms with Crippen LogP contribution in [0.25, 0.3) is 0 Å². The average Bonchev–Trinajstić information content (AvgIpc) is 2.40. The molecule has 6 nitrogen and oxygen atoms in total. The summed E-state index contributed by atoms with van der Waals surface area (Å²) in [5, 5.41) is 20.7. The fourth-order valence-electron chi connectivity index (χ4n) is 1.64. The first kappa shape index (κ1) is 16.0. The smallest absolute Gasteiger partial charge is 0.326 e. The Labute approximate surface area is 117 Å². The summed E-state index contributed by atoms with van der Waals surface area (Å²) in [5.41, 5.74) is 0.723. The Kier molecular flexibility index (Phi) is 6.52. The van der Waals surface area contributed by atoms with Crippen molar-refractivity contribution >= 4 is 11.9 Å². The van der Waals surface area contributed by atoms with Crippen molar-refractivity contribution in [2.45, 2.75) is 25.8 Å². The van der Waals surface area contributed by atoms with E-state index in [1.54, 1.807) is 12.1 Å². The molecule has 0 saturated carbocycles. The molecular formula is C14H19NO5. The molecule has 1 rings (SSSR count). The first-order valence-electron chi connectivity index (χ1n) is 6.40. The van der Waals surface area contributed by atoms with Crippen molar-refractivity contribution in [3.8, 4) is 5.75 Å². The van der Waals surface area contributed by atoms with Crippen molar-refractivity contribution in [1.29, 1.82) is 0 Å². The summed E-state index contributed by atoms with van der Waals surface area (Å²) in [4.78, 5) is 22.7. The number of ether oxygens (including phenoxy) is 1. The number of nitrogens with one attached hydrogen (secondary N) is 1. The van der Waals surface area contributed by atoms with E-state index in [2.05, 4.69) is 5.32 Å². The van der Waals surface area contributed by atoms with E-state index in [1.165, 1.54) is 12.1 Å². The van der Waals surface area contributed by atoms with Crippen LogP contribution < -0.4 is 5.32 Å². The number of aromatic hydroxyl groups is 1. The van der Waals surface area contributed by atoms with E-state index < -0.39 is 12.0 Å². The number of benzene rings is 1. The molecule has 20 heavy (non-hydrogen) atoms. The fourth-order valence-corrected chi connectivity index (χ4v) is 1.64. The molecule has 1 aromatic rings. The van der Waals surface area contributed by atoms with E-state index in [4.69, 9.17) is 14.9 Å². The summed E-state index contributed by atoms with van der Waals surface area (Å²) in [6.45, 7) is 2.61. The molecule has 1 aromatic carbocycles. The van der Waals surface area contributed by atoms with E-state index in [0.717, 1.165) is 5.56 Å². The van der Waals surface area contributed by atoms with Gasteiger partial charge in [-0.2, -0.15) is 0 Å². The summed E-state index contributed by atoms with van der Waals surface area (Å²) < 4.78 is 5.04. The highest BCUT2D eigenvalue weighted by Gasteiger charge is 2.20. The lowest BCUT2D eigenvalue weighted by atomic mass is 10.1. The Morgan fingerprint density at radius 2 is 1.95 bits per heavy atom. The maximum atomic E-state index is 11.6. The molecule has 0 fully saturated rings. The van der Waals surface area contributed by atoms with Gasteiger partial charge in [0.2, 0.25) is 5.91 Å². The van der Waals surface area contributed by atoms with Crippen LogP contribution in [0.15, 0.2) is 24.3 Å². The monoisotopic (exact) mass is 281 g/mol. The number of rotatable bonds is 8. The van der Waals surface area contributed by atoms with Crippen LogP contribution in [-0.2, 0) is 20.7 Å². The van der Waals surface area contributed by atoms with Crippen molar-refractivity contribution < 1.29 is 24.5 Å². The first-order chi connectivity index (χ1) is 9.52. The van der Waals surface area contributed by atoms with Gasteiger partial charge in [-0.05, 0) is 24.6 Å². The lowest BCUT2D eigenvalue weighted by Crippen LogP contribution is -2.42. The molecule has 0 spiro atoms. The van der Waals surface area contributed by atoms with Gasteiger partial charge in [0.15, 0.2) is 0 Å². The molecule has 1 amide bonds. The third-order valence-electron chi connectivity index (χ3n) is 2.69. The van der Waals surface area contributed by atoms with Gasteiger partial charge in [0, 0.05) is 19.4 Å². The van der Waals surface area contributed by atoms with Crippen LogP contribution in [0.2, 0.25) is 0 Å². The highest BCUT2D eigenvalue weighted by molar-refractivity contribution is 5.83. The zero-order chi connectivity index (χ0) is 15.0. The average molecular weight is 281 g/mol. The largest absolute Gasteiger partial charge is 0.508 e. The molecule has 110 valence electrons. The molecule has 0 radical (unpaired) electrons. The topological polar surface area (TPSA) is 95.9 Å². The van der Waals surface area contributed by atoms with Crippen molar-refractivity contribution in [3.63, 3.8) is 0 Å². The number of hydrogen-bond donors (Lipinski definition) is 3. The zero-order valence-corrected chi connectivity index (χ0v) is 11.3. The minimum absolute atomic E-state index is 0.112. The Hall–Kier alpha value is -2.08. The number of aliphatic carboxylic acids is 1. The van der Waals surface area contributed by atoms with Gasteiger partial charge in [-0.3, -0.25) is 4.79 Å². The second-order valence-corrected chi connectivity index (χ2v) is 4.28. The lowest BCUT2D eigenvalue weighted by molar-refractivity contribution is -0.141. The van der Waals surface area contributed by atoms with Crippen LogP contribution in [0.1, 0.15) is 18.9 Å². The van der Waals surface area contributed by atoms with Crippen molar-refractivity contribution in [2.24, 2.45) is 0 Å². The van der Waals surface area contributed by atoms with Gasteiger partial charge >= 0.3 is 5.97 Å². The van der Waals surface area contributed by atoms with E-state index in [-0.39, 0.29) is 31.1 Å². The third kappa shape index (κ3) is 5.71. The van der Waals surface area contributed by atoms with E-state index >= 15 is 0 Å². The standard InChI is InChI=1S/C14H19NO5/c1-2-20-8-7-13(17)15-12(14(18)19)9-10-3-5-11(16)6-4-10/h3-6,12,16H,2,7-9H2,1H3,(H,15,17)(H,18,19)/t12-/m0/s1. The second kappa shape index (κ2) is 8.16. The molecule has 0 aliphatic carbocycles. The summed E-state index contributed by atoms with van der Waals surface area (Å²) >= 11 is 0. The fraction of sp³-hybridized carbons (Fsp3) is 0.429. The quantitative estimate of drug-likeness (QED) is 0.616. The first-order valence-corrected chi connectivity index (χ1v) is 6.40. The summed E-state index contributed by atoms with van der Waals surface area (Å²) in [7, 11) is 0. The SMILES string of the molecule is CCOCCC(=O)N[C@@H](Cc1ccc(O)cc1)C(=O)O. The highest BCUT2D eigenvalue weighted by Crippen LogP contribution is 2.11. The Morgan fingerprint density at radius 3 is 2.50 bits per heavy atom. The maximum Gasteiger partial charge on any atom is 0.326 e. The molecular weight excluding hydrogens is 262 g/mol. The molecule has 1 atom stereocenters. The van der Waals surface area contributed by atoms with E-state index in [9.17, 15) is 9.59 Å². The lowest BCUT2D eigenvalue weighted by Gasteiger charge is -2.14. The van der Waals surface area contributed by atoms with Crippen LogP contribution >= 0.6 is 0 Å². The summed E-state index contributed by atoms with van der Waals surface area (Å²) in [5.74, 6) is -1.34.